The molecule has 0 aliphatic rings. The van der Waals surface area contributed by atoms with Crippen molar-refractivity contribution in [3.63, 3.8) is 0 Å². The molecule has 0 spiro atoms. The highest BCUT2D eigenvalue weighted by Gasteiger charge is 2.17. The van der Waals surface area contributed by atoms with Crippen LogP contribution in [0.5, 0.6) is 0 Å². The minimum Gasteiger partial charge on any atom is -0.354 e. The summed E-state index contributed by atoms with van der Waals surface area (Å²) in [4.78, 5) is 11.9. The summed E-state index contributed by atoms with van der Waals surface area (Å²) in [6.45, 7) is 13.6. The number of carbonyl (C=O) groups excluding carboxylic acids is 1. The Morgan fingerprint density at radius 1 is 1.36 bits per heavy atom. The number of aryl methyl sites for hydroxylation is 1. The van der Waals surface area contributed by atoms with E-state index in [1.54, 1.807) is 0 Å². The highest BCUT2D eigenvalue weighted by molar-refractivity contribution is 5.78. The SMILES string of the molecule is Cc1nn(C(C)C)c2cnn(CCNC(=O)CC(C)(C)C)c12. The van der Waals surface area contributed by atoms with E-state index in [0.29, 0.717) is 25.6 Å². The van der Waals surface area contributed by atoms with Crippen LogP contribution >= 0.6 is 0 Å². The van der Waals surface area contributed by atoms with Crippen LogP contribution in [0.1, 0.15) is 52.8 Å². The number of hydrogen-bond acceptors (Lipinski definition) is 3. The van der Waals surface area contributed by atoms with Gasteiger partial charge in [-0.15, -0.1) is 0 Å². The first-order valence-electron chi connectivity index (χ1n) is 7.86. The number of carbonyl (C=O) groups is 1. The van der Waals surface area contributed by atoms with Gasteiger partial charge in [-0.1, -0.05) is 20.8 Å². The van der Waals surface area contributed by atoms with E-state index in [1.807, 2.05) is 22.5 Å². The fourth-order valence-electron chi connectivity index (χ4n) is 2.59. The zero-order chi connectivity index (χ0) is 16.5. The van der Waals surface area contributed by atoms with E-state index in [-0.39, 0.29) is 11.3 Å². The van der Waals surface area contributed by atoms with Crippen LogP contribution in [0, 0.1) is 12.3 Å². The standard InChI is InChI=1S/C16H27N5O/c1-11(2)21-13-10-18-20(15(13)12(3)19-21)8-7-17-14(22)9-16(4,5)6/h10-11H,7-9H2,1-6H3,(H,17,22). The van der Waals surface area contributed by atoms with Crippen LogP contribution in [0.3, 0.4) is 0 Å². The highest BCUT2D eigenvalue weighted by atomic mass is 16.1. The van der Waals surface area contributed by atoms with E-state index in [9.17, 15) is 4.79 Å². The molecule has 2 rings (SSSR count). The van der Waals surface area contributed by atoms with Gasteiger partial charge in [0.1, 0.15) is 11.0 Å². The van der Waals surface area contributed by atoms with Gasteiger partial charge in [-0.25, -0.2) is 0 Å². The number of nitrogens with zero attached hydrogens (tertiary/aromatic N) is 4. The Morgan fingerprint density at radius 3 is 2.64 bits per heavy atom. The minimum absolute atomic E-state index is 0.0119. The molecule has 0 aromatic carbocycles. The Balaban J connectivity index is 2.03. The summed E-state index contributed by atoms with van der Waals surface area (Å²) in [6, 6.07) is 0.306. The molecule has 0 saturated heterocycles. The van der Waals surface area contributed by atoms with Gasteiger partial charge in [-0.05, 0) is 26.2 Å². The van der Waals surface area contributed by atoms with Gasteiger partial charge in [0.05, 0.1) is 18.4 Å². The van der Waals surface area contributed by atoms with Crippen LogP contribution < -0.4 is 5.32 Å². The molecule has 0 radical (unpaired) electrons. The Labute approximate surface area is 131 Å². The summed E-state index contributed by atoms with van der Waals surface area (Å²) in [7, 11) is 0. The lowest BCUT2D eigenvalue weighted by atomic mass is 9.92. The van der Waals surface area contributed by atoms with Gasteiger partial charge >= 0.3 is 0 Å². The Bertz CT molecular complexity index is 660. The van der Waals surface area contributed by atoms with Gasteiger partial charge in [0.25, 0.3) is 0 Å². The van der Waals surface area contributed by atoms with Crippen molar-refractivity contribution in [2.24, 2.45) is 5.41 Å². The van der Waals surface area contributed by atoms with Crippen LogP contribution in [0.15, 0.2) is 6.20 Å². The van der Waals surface area contributed by atoms with Crippen molar-refractivity contribution >= 4 is 16.9 Å². The molecule has 1 amide bonds. The lowest BCUT2D eigenvalue weighted by molar-refractivity contribution is -0.122. The average Bonchev–Trinajstić information content (AvgIpc) is 2.89. The number of amides is 1. The molecule has 0 unspecified atom stereocenters. The molecule has 0 saturated carbocycles. The number of rotatable bonds is 5. The third kappa shape index (κ3) is 3.67. The van der Waals surface area contributed by atoms with Crippen molar-refractivity contribution in [3.8, 4) is 0 Å². The summed E-state index contributed by atoms with van der Waals surface area (Å²) >= 11 is 0. The number of aromatic nitrogens is 4. The number of fused-ring (bicyclic) bond motifs is 1. The van der Waals surface area contributed by atoms with Gasteiger partial charge in [0.2, 0.25) is 5.91 Å². The third-order valence-corrected chi connectivity index (χ3v) is 3.49. The van der Waals surface area contributed by atoms with E-state index < -0.39 is 0 Å². The quantitative estimate of drug-likeness (QED) is 0.923. The van der Waals surface area contributed by atoms with Crippen LogP contribution in [0.4, 0.5) is 0 Å². The topological polar surface area (TPSA) is 64.7 Å². The predicted molar refractivity (Wildman–Crippen MR) is 87.7 cm³/mol. The molecule has 2 aromatic rings. The molecule has 0 fully saturated rings. The maximum absolute atomic E-state index is 11.9. The van der Waals surface area contributed by atoms with E-state index >= 15 is 0 Å². The highest BCUT2D eigenvalue weighted by Crippen LogP contribution is 2.21. The summed E-state index contributed by atoms with van der Waals surface area (Å²) in [5, 5.41) is 12.0. The number of nitrogens with one attached hydrogen (secondary N) is 1. The van der Waals surface area contributed by atoms with E-state index in [4.69, 9.17) is 0 Å². The Kier molecular flexibility index (Phi) is 4.58. The molecular formula is C16H27N5O. The second-order valence-corrected chi connectivity index (χ2v) is 7.31. The molecule has 6 nitrogen and oxygen atoms in total. The summed E-state index contributed by atoms with van der Waals surface area (Å²) in [5.74, 6) is 0.0884. The van der Waals surface area contributed by atoms with Gasteiger partial charge in [0.15, 0.2) is 0 Å². The zero-order valence-corrected chi connectivity index (χ0v) is 14.5. The first kappa shape index (κ1) is 16.5. The van der Waals surface area contributed by atoms with Crippen molar-refractivity contribution in [2.45, 2.75) is 60.5 Å². The summed E-state index contributed by atoms with van der Waals surface area (Å²) in [6.07, 6.45) is 2.39. The minimum atomic E-state index is 0.0119. The van der Waals surface area contributed by atoms with E-state index in [1.165, 1.54) is 0 Å². The van der Waals surface area contributed by atoms with Gasteiger partial charge < -0.3 is 5.32 Å². The molecule has 0 aliphatic heterocycles. The van der Waals surface area contributed by atoms with E-state index in [0.717, 1.165) is 16.7 Å². The summed E-state index contributed by atoms with van der Waals surface area (Å²) in [5.41, 5.74) is 3.09. The Morgan fingerprint density at radius 2 is 2.05 bits per heavy atom. The van der Waals surface area contributed by atoms with Crippen molar-refractivity contribution in [1.29, 1.82) is 0 Å². The van der Waals surface area contributed by atoms with Crippen molar-refractivity contribution in [3.05, 3.63) is 11.9 Å². The first-order chi connectivity index (χ1) is 10.2. The fraction of sp³-hybridized carbons (Fsp3) is 0.688. The second kappa shape index (κ2) is 6.10. The van der Waals surface area contributed by atoms with Gasteiger partial charge in [-0.3, -0.25) is 14.2 Å². The van der Waals surface area contributed by atoms with Crippen molar-refractivity contribution < 1.29 is 4.79 Å². The third-order valence-electron chi connectivity index (χ3n) is 3.49. The average molecular weight is 305 g/mol. The lowest BCUT2D eigenvalue weighted by Gasteiger charge is -2.17. The summed E-state index contributed by atoms with van der Waals surface area (Å²) < 4.78 is 3.92. The lowest BCUT2D eigenvalue weighted by Crippen LogP contribution is -2.30. The molecule has 122 valence electrons. The van der Waals surface area contributed by atoms with Crippen molar-refractivity contribution in [1.82, 2.24) is 24.9 Å². The molecular weight excluding hydrogens is 278 g/mol. The second-order valence-electron chi connectivity index (χ2n) is 7.31. The molecule has 0 bridgehead atoms. The van der Waals surface area contributed by atoms with E-state index in [2.05, 4.69) is 50.1 Å². The zero-order valence-electron chi connectivity index (χ0n) is 14.5. The normalized spacial score (nSPS) is 12.3. The van der Waals surface area contributed by atoms with Crippen LogP contribution in [0.25, 0.3) is 11.0 Å². The molecule has 22 heavy (non-hydrogen) atoms. The largest absolute Gasteiger partial charge is 0.354 e. The first-order valence-corrected chi connectivity index (χ1v) is 7.86. The monoisotopic (exact) mass is 305 g/mol. The van der Waals surface area contributed by atoms with Gasteiger partial charge in [-0.2, -0.15) is 10.2 Å². The van der Waals surface area contributed by atoms with Crippen LogP contribution in [-0.4, -0.2) is 32.0 Å². The van der Waals surface area contributed by atoms with Gasteiger partial charge in [0, 0.05) is 19.0 Å². The van der Waals surface area contributed by atoms with Crippen LogP contribution in [-0.2, 0) is 11.3 Å². The predicted octanol–water partition coefficient (Wildman–Crippen LogP) is 2.67. The molecule has 1 N–H and O–H groups in total. The molecule has 2 heterocycles. The molecule has 0 aliphatic carbocycles. The molecule has 6 heteroatoms. The fourth-order valence-corrected chi connectivity index (χ4v) is 2.59. The van der Waals surface area contributed by atoms with Crippen molar-refractivity contribution in [2.75, 3.05) is 6.54 Å². The molecule has 2 aromatic heterocycles. The Hall–Kier alpha value is -1.85. The molecule has 0 atom stereocenters. The maximum atomic E-state index is 11.9. The van der Waals surface area contributed by atoms with Crippen LogP contribution in [0.2, 0.25) is 0 Å². The smallest absolute Gasteiger partial charge is 0.220 e. The number of hydrogen-bond donors (Lipinski definition) is 1. The maximum Gasteiger partial charge on any atom is 0.220 e.